The molecule has 0 aliphatic heterocycles. The molecule has 0 saturated carbocycles. The molecule has 2 nitrogen and oxygen atoms in total. The fourth-order valence-corrected chi connectivity index (χ4v) is 1.42. The topological polar surface area (TPSA) is 25.8 Å². The molecule has 16 heavy (non-hydrogen) atoms. The van der Waals surface area contributed by atoms with Crippen molar-refractivity contribution >= 4 is 0 Å². The third-order valence-electron chi connectivity index (χ3n) is 2.23. The number of aromatic nitrogens is 2. The summed E-state index contributed by atoms with van der Waals surface area (Å²) in [5.74, 6) is -0.562. The molecule has 1 aromatic heterocycles. The Balaban J connectivity index is 2.49. The zero-order valence-corrected chi connectivity index (χ0v) is 8.74. The summed E-state index contributed by atoms with van der Waals surface area (Å²) in [4.78, 5) is 8.20. The molecule has 0 atom stereocenters. The summed E-state index contributed by atoms with van der Waals surface area (Å²) in [5, 5.41) is 0. The lowest BCUT2D eigenvalue weighted by atomic mass is 10.1. The third kappa shape index (κ3) is 2.05. The van der Waals surface area contributed by atoms with Gasteiger partial charge < -0.3 is 0 Å². The van der Waals surface area contributed by atoms with Crippen LogP contribution in [-0.4, -0.2) is 9.97 Å². The van der Waals surface area contributed by atoms with Gasteiger partial charge in [0.2, 0.25) is 0 Å². The van der Waals surface area contributed by atoms with Crippen LogP contribution < -0.4 is 0 Å². The maximum Gasteiger partial charge on any atom is 0.135 e. The van der Waals surface area contributed by atoms with Crippen LogP contribution in [0.25, 0.3) is 11.3 Å². The summed E-state index contributed by atoms with van der Waals surface area (Å²) in [6.07, 6.45) is 2.25. The highest BCUT2D eigenvalue weighted by atomic mass is 19.1. The minimum Gasteiger partial charge on any atom is -0.241 e. The molecule has 0 amide bonds. The van der Waals surface area contributed by atoms with Gasteiger partial charge in [0, 0.05) is 24.2 Å². The van der Waals surface area contributed by atoms with Gasteiger partial charge in [0.05, 0.1) is 5.69 Å². The molecule has 0 aliphatic carbocycles. The molecule has 4 heteroatoms. The molecular weight excluding hydrogens is 210 g/mol. The van der Waals surface area contributed by atoms with Crippen molar-refractivity contribution in [2.45, 2.75) is 13.3 Å². The maximum atomic E-state index is 13.5. The minimum absolute atomic E-state index is 0.290. The Labute approximate surface area is 92.0 Å². The Kier molecular flexibility index (Phi) is 2.90. The fraction of sp³-hybridized carbons (Fsp3) is 0.167. The van der Waals surface area contributed by atoms with E-state index in [-0.39, 0.29) is 0 Å². The van der Waals surface area contributed by atoms with Gasteiger partial charge in [-0.1, -0.05) is 6.92 Å². The van der Waals surface area contributed by atoms with Crippen LogP contribution in [-0.2, 0) is 6.42 Å². The number of aryl methyl sites for hydroxylation is 1. The largest absolute Gasteiger partial charge is 0.241 e. The number of benzene rings is 1. The Bertz CT molecular complexity index is 512. The second-order valence-corrected chi connectivity index (χ2v) is 3.34. The lowest BCUT2D eigenvalue weighted by Gasteiger charge is -2.03. The van der Waals surface area contributed by atoms with Gasteiger partial charge in [-0.05, 0) is 18.2 Å². The molecule has 0 N–H and O–H groups in total. The zero-order valence-electron chi connectivity index (χ0n) is 8.74. The van der Waals surface area contributed by atoms with E-state index < -0.39 is 11.6 Å². The van der Waals surface area contributed by atoms with Crippen LogP contribution in [0.3, 0.4) is 0 Å². The van der Waals surface area contributed by atoms with Gasteiger partial charge in [-0.2, -0.15) is 0 Å². The Hall–Kier alpha value is -1.84. The van der Waals surface area contributed by atoms with E-state index in [1.165, 1.54) is 12.1 Å². The highest BCUT2D eigenvalue weighted by molar-refractivity contribution is 5.59. The van der Waals surface area contributed by atoms with Gasteiger partial charge in [0.25, 0.3) is 0 Å². The Morgan fingerprint density at radius 2 is 2.00 bits per heavy atom. The van der Waals surface area contributed by atoms with E-state index >= 15 is 0 Å². The smallest absolute Gasteiger partial charge is 0.135 e. The Morgan fingerprint density at radius 3 is 2.69 bits per heavy atom. The lowest BCUT2D eigenvalue weighted by Crippen LogP contribution is -1.95. The first-order chi connectivity index (χ1) is 7.70. The van der Waals surface area contributed by atoms with E-state index in [2.05, 4.69) is 9.97 Å². The van der Waals surface area contributed by atoms with Crippen molar-refractivity contribution in [1.82, 2.24) is 9.97 Å². The second-order valence-electron chi connectivity index (χ2n) is 3.34. The van der Waals surface area contributed by atoms with Crippen LogP contribution in [0.1, 0.15) is 12.7 Å². The van der Waals surface area contributed by atoms with Crippen LogP contribution in [0, 0.1) is 11.6 Å². The first-order valence-corrected chi connectivity index (χ1v) is 4.98. The summed E-state index contributed by atoms with van der Waals surface area (Å²) < 4.78 is 26.2. The van der Waals surface area contributed by atoms with E-state index in [4.69, 9.17) is 0 Å². The zero-order chi connectivity index (χ0) is 11.5. The molecule has 0 fully saturated rings. The summed E-state index contributed by atoms with van der Waals surface area (Å²) in [7, 11) is 0. The molecular formula is C12H10F2N2. The van der Waals surface area contributed by atoms with Crippen molar-refractivity contribution < 1.29 is 8.78 Å². The summed E-state index contributed by atoms with van der Waals surface area (Å²) in [5.41, 5.74) is 0.767. The SMILES string of the molecule is CCc1nccc(-c2ccc(F)cc2F)n1. The molecule has 0 radical (unpaired) electrons. The standard InChI is InChI=1S/C12H10F2N2/c1-2-12-15-6-5-11(16-12)9-4-3-8(13)7-10(9)14/h3-7H,2H2,1H3. The highest BCUT2D eigenvalue weighted by Crippen LogP contribution is 2.21. The molecule has 0 unspecified atom stereocenters. The van der Waals surface area contributed by atoms with Crippen LogP contribution in [0.15, 0.2) is 30.5 Å². The molecule has 2 aromatic rings. The van der Waals surface area contributed by atoms with Gasteiger partial charge in [-0.25, -0.2) is 18.7 Å². The second kappa shape index (κ2) is 4.35. The fourth-order valence-electron chi connectivity index (χ4n) is 1.42. The van der Waals surface area contributed by atoms with E-state index in [0.29, 0.717) is 23.5 Å². The number of hydrogen-bond acceptors (Lipinski definition) is 2. The number of halogens is 2. The lowest BCUT2D eigenvalue weighted by molar-refractivity contribution is 0.585. The summed E-state index contributed by atoms with van der Waals surface area (Å²) in [6, 6.07) is 5.05. The van der Waals surface area contributed by atoms with Crippen molar-refractivity contribution in [3.05, 3.63) is 47.9 Å². The summed E-state index contributed by atoms with van der Waals surface area (Å²) in [6.45, 7) is 1.92. The van der Waals surface area contributed by atoms with E-state index in [1.807, 2.05) is 6.92 Å². The maximum absolute atomic E-state index is 13.5. The van der Waals surface area contributed by atoms with Gasteiger partial charge in [0.1, 0.15) is 17.5 Å². The van der Waals surface area contributed by atoms with Crippen LogP contribution >= 0.6 is 0 Å². The molecule has 0 aliphatic rings. The van der Waals surface area contributed by atoms with Crippen molar-refractivity contribution in [3.63, 3.8) is 0 Å². The number of rotatable bonds is 2. The highest BCUT2D eigenvalue weighted by Gasteiger charge is 2.08. The van der Waals surface area contributed by atoms with Gasteiger partial charge in [0.15, 0.2) is 0 Å². The molecule has 1 aromatic carbocycles. The van der Waals surface area contributed by atoms with Crippen molar-refractivity contribution in [2.75, 3.05) is 0 Å². The molecule has 0 saturated heterocycles. The monoisotopic (exact) mass is 220 g/mol. The van der Waals surface area contributed by atoms with Crippen molar-refractivity contribution in [2.24, 2.45) is 0 Å². The predicted octanol–water partition coefficient (Wildman–Crippen LogP) is 2.98. The van der Waals surface area contributed by atoms with Gasteiger partial charge in [-0.15, -0.1) is 0 Å². The molecule has 82 valence electrons. The summed E-state index contributed by atoms with van der Waals surface area (Å²) >= 11 is 0. The third-order valence-corrected chi connectivity index (χ3v) is 2.23. The molecule has 2 rings (SSSR count). The number of nitrogens with zero attached hydrogens (tertiary/aromatic N) is 2. The first-order valence-electron chi connectivity index (χ1n) is 4.98. The molecule has 0 spiro atoms. The quantitative estimate of drug-likeness (QED) is 0.777. The predicted molar refractivity (Wildman–Crippen MR) is 56.8 cm³/mol. The average molecular weight is 220 g/mol. The van der Waals surface area contributed by atoms with Crippen LogP contribution in [0.5, 0.6) is 0 Å². The van der Waals surface area contributed by atoms with Gasteiger partial charge in [-0.3, -0.25) is 0 Å². The first kappa shape index (κ1) is 10.7. The van der Waals surface area contributed by atoms with Gasteiger partial charge >= 0.3 is 0 Å². The average Bonchev–Trinajstić information content (AvgIpc) is 2.29. The van der Waals surface area contributed by atoms with Crippen LogP contribution in [0.4, 0.5) is 8.78 Å². The van der Waals surface area contributed by atoms with E-state index in [9.17, 15) is 8.78 Å². The normalized spacial score (nSPS) is 10.4. The van der Waals surface area contributed by atoms with E-state index in [1.54, 1.807) is 12.3 Å². The van der Waals surface area contributed by atoms with Crippen molar-refractivity contribution in [1.29, 1.82) is 0 Å². The molecule has 1 heterocycles. The van der Waals surface area contributed by atoms with Crippen molar-refractivity contribution in [3.8, 4) is 11.3 Å². The number of hydrogen-bond donors (Lipinski definition) is 0. The minimum atomic E-state index is -0.610. The van der Waals surface area contributed by atoms with E-state index in [0.717, 1.165) is 6.07 Å². The van der Waals surface area contributed by atoms with Crippen LogP contribution in [0.2, 0.25) is 0 Å². The molecule has 0 bridgehead atoms. The Morgan fingerprint density at radius 1 is 1.19 bits per heavy atom.